The van der Waals surface area contributed by atoms with Crippen molar-refractivity contribution < 1.29 is 19.3 Å². The number of rotatable bonds is 5. The highest BCUT2D eigenvalue weighted by atomic mass is 16.5. The molecule has 7 nitrogen and oxygen atoms in total. The van der Waals surface area contributed by atoms with Crippen LogP contribution in [-0.2, 0) is 22.6 Å². The van der Waals surface area contributed by atoms with E-state index in [4.69, 9.17) is 19.3 Å². The molecule has 3 aromatic rings. The van der Waals surface area contributed by atoms with Crippen molar-refractivity contribution in [2.75, 3.05) is 13.2 Å². The highest BCUT2D eigenvalue weighted by Gasteiger charge is 2.23. The summed E-state index contributed by atoms with van der Waals surface area (Å²) in [4.78, 5) is 15.3. The van der Waals surface area contributed by atoms with E-state index in [0.29, 0.717) is 31.5 Å². The maximum absolute atomic E-state index is 11.5. The van der Waals surface area contributed by atoms with E-state index in [1.807, 2.05) is 54.0 Å². The summed E-state index contributed by atoms with van der Waals surface area (Å²) in [6, 6.07) is 19.2. The van der Waals surface area contributed by atoms with Crippen LogP contribution in [0.4, 0.5) is 0 Å². The highest BCUT2D eigenvalue weighted by molar-refractivity contribution is 5.63. The Bertz CT molecular complexity index is 1060. The molecule has 0 aliphatic carbocycles. The average Bonchev–Trinajstić information content (AvgIpc) is 3.44. The van der Waals surface area contributed by atoms with Crippen molar-refractivity contribution in [3.63, 3.8) is 0 Å². The lowest BCUT2D eigenvalue weighted by Gasteiger charge is -2.12. The van der Waals surface area contributed by atoms with Gasteiger partial charge < -0.3 is 19.3 Å². The molecule has 0 bridgehead atoms. The third-order valence-corrected chi connectivity index (χ3v) is 5.37. The van der Waals surface area contributed by atoms with Gasteiger partial charge in [0.15, 0.2) is 0 Å². The van der Waals surface area contributed by atoms with Crippen molar-refractivity contribution in [1.82, 2.24) is 9.55 Å². The van der Waals surface area contributed by atoms with Crippen LogP contribution in [0.25, 0.3) is 11.1 Å². The number of nitrogens with zero attached hydrogens (tertiary/aromatic N) is 2. The van der Waals surface area contributed by atoms with Crippen molar-refractivity contribution in [3.05, 3.63) is 76.7 Å². The molecule has 1 N–H and O–H groups in total. The fourth-order valence-electron chi connectivity index (χ4n) is 3.76. The van der Waals surface area contributed by atoms with Crippen molar-refractivity contribution in [3.8, 4) is 22.9 Å². The summed E-state index contributed by atoms with van der Waals surface area (Å²) in [5.41, 5.74) is 2.83. The van der Waals surface area contributed by atoms with Gasteiger partial charge in [0.2, 0.25) is 0 Å². The molecular weight excluding hydrogens is 408 g/mol. The van der Waals surface area contributed by atoms with Gasteiger partial charge in [0.25, 0.3) is 11.6 Å². The standard InChI is InChI=1S/C13H18N2O4.C12H10O/c1-9-6-15-10(5-12(16)14-13(15)19-9)7-17-8-11-3-2-4-18-11;13-12-8-6-11(7-9-12)10-4-2-1-3-5-10/h5,9,11H,2-4,6-8H2,1H3;1-9,13H/t9-,11?;/m1./s1. The zero-order chi connectivity index (χ0) is 22.3. The van der Waals surface area contributed by atoms with E-state index >= 15 is 0 Å². The second-order valence-electron chi connectivity index (χ2n) is 7.97. The molecule has 0 radical (unpaired) electrons. The molecule has 1 saturated heterocycles. The summed E-state index contributed by atoms with van der Waals surface area (Å²) in [5, 5.41) is 9.10. The molecule has 1 fully saturated rings. The molecule has 2 aliphatic heterocycles. The maximum Gasteiger partial charge on any atom is 0.300 e. The second-order valence-corrected chi connectivity index (χ2v) is 7.97. The molecule has 168 valence electrons. The van der Waals surface area contributed by atoms with Gasteiger partial charge >= 0.3 is 0 Å². The first kappa shape index (κ1) is 22.0. The van der Waals surface area contributed by atoms with Gasteiger partial charge in [-0.05, 0) is 43.0 Å². The molecule has 2 atom stereocenters. The number of benzene rings is 2. The number of hydrogen-bond donors (Lipinski definition) is 1. The number of fused-ring (bicyclic) bond motifs is 1. The molecule has 5 rings (SSSR count). The Morgan fingerprint density at radius 1 is 1.12 bits per heavy atom. The fraction of sp³-hybridized carbons (Fsp3) is 0.360. The number of aromatic nitrogens is 2. The molecule has 3 heterocycles. The van der Waals surface area contributed by atoms with Gasteiger partial charge in [-0.25, -0.2) is 0 Å². The lowest BCUT2D eigenvalue weighted by Crippen LogP contribution is -2.18. The SMILES string of the molecule is C[C@@H]1Cn2c(COCC3CCCO3)cc(=O)nc2O1.Oc1ccc(-c2ccccc2)cc1. The third-order valence-electron chi connectivity index (χ3n) is 5.37. The van der Waals surface area contributed by atoms with Crippen LogP contribution in [0.1, 0.15) is 25.5 Å². The van der Waals surface area contributed by atoms with E-state index < -0.39 is 0 Å². The van der Waals surface area contributed by atoms with Gasteiger partial charge in [-0.3, -0.25) is 9.36 Å². The number of phenols is 1. The van der Waals surface area contributed by atoms with Crippen LogP contribution < -0.4 is 10.3 Å². The topological polar surface area (TPSA) is 82.8 Å². The summed E-state index contributed by atoms with van der Waals surface area (Å²) in [5.74, 6) is 0.305. The number of aromatic hydroxyl groups is 1. The van der Waals surface area contributed by atoms with Crippen LogP contribution in [0.3, 0.4) is 0 Å². The minimum atomic E-state index is -0.281. The van der Waals surface area contributed by atoms with Crippen LogP contribution in [0.2, 0.25) is 0 Å². The first-order valence-electron chi connectivity index (χ1n) is 10.9. The summed E-state index contributed by atoms with van der Waals surface area (Å²) < 4.78 is 18.5. The van der Waals surface area contributed by atoms with Crippen LogP contribution in [0.15, 0.2) is 65.5 Å². The Labute approximate surface area is 187 Å². The van der Waals surface area contributed by atoms with Crippen LogP contribution in [0, 0.1) is 0 Å². The quantitative estimate of drug-likeness (QED) is 0.656. The van der Waals surface area contributed by atoms with E-state index in [1.165, 1.54) is 11.6 Å². The Hall–Kier alpha value is -3.16. The lowest BCUT2D eigenvalue weighted by atomic mass is 10.1. The number of ether oxygens (including phenoxy) is 3. The molecule has 7 heteroatoms. The zero-order valence-electron chi connectivity index (χ0n) is 18.1. The molecular formula is C25H28N2O5. The van der Waals surface area contributed by atoms with Crippen molar-refractivity contribution >= 4 is 0 Å². The Kier molecular flexibility index (Phi) is 7.19. The van der Waals surface area contributed by atoms with Gasteiger partial charge in [0.1, 0.15) is 11.9 Å². The van der Waals surface area contributed by atoms with Crippen molar-refractivity contribution in [1.29, 1.82) is 0 Å². The van der Waals surface area contributed by atoms with Crippen LogP contribution in [0.5, 0.6) is 11.8 Å². The van der Waals surface area contributed by atoms with E-state index in [0.717, 1.165) is 30.7 Å². The van der Waals surface area contributed by atoms with Crippen molar-refractivity contribution in [2.45, 2.75) is 45.1 Å². The lowest BCUT2D eigenvalue weighted by molar-refractivity contribution is 0.00875. The van der Waals surface area contributed by atoms with Gasteiger partial charge in [-0.2, -0.15) is 4.98 Å². The molecule has 1 unspecified atom stereocenters. The van der Waals surface area contributed by atoms with E-state index in [-0.39, 0.29) is 17.8 Å². The van der Waals surface area contributed by atoms with E-state index in [1.54, 1.807) is 12.1 Å². The normalized spacial score (nSPS) is 19.0. The van der Waals surface area contributed by atoms with Gasteiger partial charge in [-0.1, -0.05) is 42.5 Å². The summed E-state index contributed by atoms with van der Waals surface area (Å²) in [6.45, 7) is 4.45. The zero-order valence-corrected chi connectivity index (χ0v) is 18.1. The summed E-state index contributed by atoms with van der Waals surface area (Å²) >= 11 is 0. The molecule has 0 amide bonds. The molecule has 0 saturated carbocycles. The van der Waals surface area contributed by atoms with Gasteiger partial charge in [0, 0.05) is 12.7 Å². The van der Waals surface area contributed by atoms with E-state index in [2.05, 4.69) is 4.98 Å². The van der Waals surface area contributed by atoms with E-state index in [9.17, 15) is 4.79 Å². The van der Waals surface area contributed by atoms with Crippen LogP contribution >= 0.6 is 0 Å². The first-order chi connectivity index (χ1) is 15.6. The van der Waals surface area contributed by atoms with Crippen molar-refractivity contribution in [2.24, 2.45) is 0 Å². The monoisotopic (exact) mass is 436 g/mol. The van der Waals surface area contributed by atoms with Gasteiger partial charge in [0.05, 0.1) is 31.6 Å². The minimum Gasteiger partial charge on any atom is -0.508 e. The molecule has 2 aromatic carbocycles. The Morgan fingerprint density at radius 3 is 2.59 bits per heavy atom. The molecule has 32 heavy (non-hydrogen) atoms. The van der Waals surface area contributed by atoms with Crippen LogP contribution in [-0.4, -0.2) is 40.1 Å². The highest BCUT2D eigenvalue weighted by Crippen LogP contribution is 2.21. The average molecular weight is 437 g/mol. The molecule has 2 aliphatic rings. The fourth-order valence-corrected chi connectivity index (χ4v) is 3.76. The predicted octanol–water partition coefficient (Wildman–Crippen LogP) is 3.78. The predicted molar refractivity (Wildman–Crippen MR) is 121 cm³/mol. The maximum atomic E-state index is 11.5. The smallest absolute Gasteiger partial charge is 0.300 e. The minimum absolute atomic E-state index is 0.0474. The summed E-state index contributed by atoms with van der Waals surface area (Å²) in [7, 11) is 0. The molecule has 1 aromatic heterocycles. The first-order valence-corrected chi connectivity index (χ1v) is 10.9. The Balaban J connectivity index is 0.000000165. The largest absolute Gasteiger partial charge is 0.508 e. The van der Waals surface area contributed by atoms with Gasteiger partial charge in [-0.15, -0.1) is 0 Å². The summed E-state index contributed by atoms with van der Waals surface area (Å²) in [6.07, 6.45) is 2.39. The second kappa shape index (κ2) is 10.4. The molecule has 0 spiro atoms. The Morgan fingerprint density at radius 2 is 1.88 bits per heavy atom. The number of phenolic OH excluding ortho intramolecular Hbond substituents is 1. The third kappa shape index (κ3) is 5.75. The number of hydrogen-bond acceptors (Lipinski definition) is 6.